The lowest BCUT2D eigenvalue weighted by molar-refractivity contribution is 0.164. The average molecular weight is 451 g/mol. The molecule has 0 aliphatic carbocycles. The van der Waals surface area contributed by atoms with Crippen LogP contribution < -0.4 is 4.90 Å². The molecule has 0 N–H and O–H groups in total. The summed E-state index contributed by atoms with van der Waals surface area (Å²) >= 11 is 0. The Morgan fingerprint density at radius 3 is 2.45 bits per heavy atom. The molecule has 3 aliphatic heterocycles. The number of aromatic nitrogens is 3. The van der Waals surface area contributed by atoms with Crippen LogP contribution in [-0.4, -0.2) is 70.9 Å². The van der Waals surface area contributed by atoms with Crippen molar-refractivity contribution in [3.63, 3.8) is 0 Å². The molecule has 0 bridgehead atoms. The molecular formula is C20H24F2N6O2S. The first kappa shape index (κ1) is 20.5. The molecule has 0 atom stereocenters. The van der Waals surface area contributed by atoms with Crippen LogP contribution in [0.2, 0.25) is 0 Å². The molecule has 5 rings (SSSR count). The van der Waals surface area contributed by atoms with Gasteiger partial charge in [0.25, 0.3) is 6.43 Å². The molecule has 0 unspecified atom stereocenters. The average Bonchev–Trinajstić information content (AvgIpc) is 3.16. The Balaban J connectivity index is 1.41. The van der Waals surface area contributed by atoms with Gasteiger partial charge >= 0.3 is 0 Å². The van der Waals surface area contributed by atoms with Gasteiger partial charge in [-0.05, 0) is 25.3 Å². The quantitative estimate of drug-likeness (QED) is 0.714. The minimum absolute atomic E-state index is 0.0562. The van der Waals surface area contributed by atoms with Gasteiger partial charge in [0, 0.05) is 49.8 Å². The number of alkyl halides is 2. The summed E-state index contributed by atoms with van der Waals surface area (Å²) < 4.78 is 53.1. The maximum Gasteiger partial charge on any atom is 0.278 e. The molecule has 2 aromatic rings. The Morgan fingerprint density at radius 1 is 1.06 bits per heavy atom. The summed E-state index contributed by atoms with van der Waals surface area (Å²) in [7, 11) is -3.17. The van der Waals surface area contributed by atoms with Gasteiger partial charge in [0.15, 0.2) is 0 Å². The van der Waals surface area contributed by atoms with Crippen molar-refractivity contribution in [1.82, 2.24) is 18.9 Å². The van der Waals surface area contributed by atoms with Crippen LogP contribution in [0.1, 0.15) is 31.5 Å². The molecule has 11 heteroatoms. The van der Waals surface area contributed by atoms with Crippen LogP contribution in [0.25, 0.3) is 11.3 Å². The fourth-order valence-corrected chi connectivity index (χ4v) is 5.69. The second-order valence-corrected chi connectivity index (χ2v) is 10.5. The predicted octanol–water partition coefficient (Wildman–Crippen LogP) is 2.36. The lowest BCUT2D eigenvalue weighted by atomic mass is 9.76. The van der Waals surface area contributed by atoms with Gasteiger partial charge in [-0.25, -0.2) is 31.2 Å². The van der Waals surface area contributed by atoms with Crippen LogP contribution in [0.5, 0.6) is 0 Å². The third-order valence-electron chi connectivity index (χ3n) is 6.72. The van der Waals surface area contributed by atoms with Crippen molar-refractivity contribution in [3.05, 3.63) is 30.5 Å². The zero-order valence-corrected chi connectivity index (χ0v) is 18.0. The molecule has 2 fully saturated rings. The summed E-state index contributed by atoms with van der Waals surface area (Å²) in [5.41, 5.74) is 2.17. The third kappa shape index (κ3) is 3.53. The molecule has 0 aromatic carbocycles. The highest BCUT2D eigenvalue weighted by Crippen LogP contribution is 2.44. The van der Waals surface area contributed by atoms with Crippen molar-refractivity contribution >= 4 is 21.4 Å². The summed E-state index contributed by atoms with van der Waals surface area (Å²) in [4.78, 5) is 11.0. The molecule has 1 spiro atoms. The summed E-state index contributed by atoms with van der Waals surface area (Å²) in [6.07, 6.45) is 7.03. The Morgan fingerprint density at radius 2 is 1.81 bits per heavy atom. The SMILES string of the molecule is CS(=O)(=O)N1CCC2(CCN2c2cncc(-c3cnc4n3N=C(C(F)F)CC4)c2)CC1. The van der Waals surface area contributed by atoms with Gasteiger partial charge in [0.1, 0.15) is 11.5 Å². The zero-order valence-electron chi connectivity index (χ0n) is 17.2. The van der Waals surface area contributed by atoms with Crippen LogP contribution in [0.4, 0.5) is 14.5 Å². The summed E-state index contributed by atoms with van der Waals surface area (Å²) in [5, 5.41) is 4.12. The van der Waals surface area contributed by atoms with Crippen molar-refractivity contribution in [1.29, 1.82) is 0 Å². The molecule has 5 heterocycles. The number of anilines is 1. The topological polar surface area (TPSA) is 83.7 Å². The van der Waals surface area contributed by atoms with E-state index in [1.54, 1.807) is 22.9 Å². The monoisotopic (exact) mass is 450 g/mol. The number of fused-ring (bicyclic) bond motifs is 1. The highest BCUT2D eigenvalue weighted by atomic mass is 32.2. The number of piperidine rings is 1. The number of hydrogen-bond donors (Lipinski definition) is 0. The Labute approximate surface area is 179 Å². The number of pyridine rings is 1. The fraction of sp³-hybridized carbons (Fsp3) is 0.550. The number of rotatable bonds is 4. The molecule has 0 amide bonds. The fourth-order valence-electron chi connectivity index (χ4n) is 4.85. The first-order valence-corrected chi connectivity index (χ1v) is 12.2. The van der Waals surface area contributed by atoms with E-state index in [0.717, 1.165) is 37.1 Å². The molecule has 2 aromatic heterocycles. The lowest BCUT2D eigenvalue weighted by Crippen LogP contribution is -2.64. The van der Waals surface area contributed by atoms with Crippen LogP contribution >= 0.6 is 0 Å². The number of aryl methyl sites for hydroxylation is 1. The van der Waals surface area contributed by atoms with E-state index in [1.165, 1.54) is 10.9 Å². The normalized spacial score (nSPS) is 21.2. The van der Waals surface area contributed by atoms with Crippen molar-refractivity contribution < 1.29 is 17.2 Å². The Bertz CT molecular complexity index is 1140. The van der Waals surface area contributed by atoms with Gasteiger partial charge in [-0.1, -0.05) is 0 Å². The summed E-state index contributed by atoms with van der Waals surface area (Å²) in [5.74, 6) is 0.665. The maximum absolute atomic E-state index is 13.2. The molecular weight excluding hydrogens is 426 g/mol. The van der Waals surface area contributed by atoms with Crippen molar-refractivity contribution in [3.8, 4) is 11.3 Å². The minimum atomic E-state index is -3.17. The first-order chi connectivity index (χ1) is 14.8. The molecule has 0 saturated carbocycles. The van der Waals surface area contributed by atoms with E-state index in [4.69, 9.17) is 0 Å². The zero-order chi connectivity index (χ0) is 21.8. The van der Waals surface area contributed by atoms with Gasteiger partial charge in [-0.15, -0.1) is 0 Å². The van der Waals surface area contributed by atoms with Crippen molar-refractivity contribution in [2.45, 2.75) is 44.1 Å². The van der Waals surface area contributed by atoms with Crippen LogP contribution in [0.3, 0.4) is 0 Å². The molecule has 0 radical (unpaired) electrons. The van der Waals surface area contributed by atoms with Gasteiger partial charge in [-0.3, -0.25) is 4.98 Å². The number of halogens is 2. The number of sulfonamides is 1. The highest BCUT2D eigenvalue weighted by molar-refractivity contribution is 7.88. The van der Waals surface area contributed by atoms with E-state index in [0.29, 0.717) is 31.0 Å². The number of imidazole rings is 1. The van der Waals surface area contributed by atoms with Gasteiger partial charge in [-0.2, -0.15) is 5.10 Å². The van der Waals surface area contributed by atoms with E-state index >= 15 is 0 Å². The maximum atomic E-state index is 13.2. The Kier molecular flexibility index (Phi) is 4.85. The molecule has 166 valence electrons. The van der Waals surface area contributed by atoms with Gasteiger partial charge < -0.3 is 4.90 Å². The van der Waals surface area contributed by atoms with Crippen molar-refractivity contribution in [2.75, 3.05) is 30.8 Å². The van der Waals surface area contributed by atoms with Crippen molar-refractivity contribution in [2.24, 2.45) is 5.10 Å². The second kappa shape index (κ2) is 7.33. The largest absolute Gasteiger partial charge is 0.364 e. The van der Waals surface area contributed by atoms with Crippen LogP contribution in [-0.2, 0) is 16.4 Å². The third-order valence-corrected chi connectivity index (χ3v) is 8.02. The molecule has 31 heavy (non-hydrogen) atoms. The van der Waals surface area contributed by atoms with E-state index in [-0.39, 0.29) is 17.7 Å². The number of nitrogens with zero attached hydrogens (tertiary/aromatic N) is 6. The standard InChI is InChI=1S/C20H24F2N6O2S/c1-31(29,30)26-7-4-20(5-8-26)6-9-27(20)15-10-14(11-23-12-15)17-13-24-18-3-2-16(19(21)22)25-28(17)18/h10-13,19H,2-9H2,1H3. The predicted molar refractivity (Wildman–Crippen MR) is 113 cm³/mol. The molecule has 3 aliphatic rings. The van der Waals surface area contributed by atoms with E-state index in [9.17, 15) is 17.2 Å². The molecule has 2 saturated heterocycles. The second-order valence-electron chi connectivity index (χ2n) is 8.48. The summed E-state index contributed by atoms with van der Waals surface area (Å²) in [6, 6.07) is 1.99. The van der Waals surface area contributed by atoms with Crippen LogP contribution in [0.15, 0.2) is 29.8 Å². The highest BCUT2D eigenvalue weighted by Gasteiger charge is 2.47. The van der Waals surface area contributed by atoms with E-state index in [2.05, 4.69) is 20.0 Å². The van der Waals surface area contributed by atoms with Crippen LogP contribution in [0, 0.1) is 0 Å². The van der Waals surface area contributed by atoms with E-state index < -0.39 is 16.4 Å². The molecule has 8 nitrogen and oxygen atoms in total. The smallest absolute Gasteiger partial charge is 0.278 e. The van der Waals surface area contributed by atoms with Gasteiger partial charge in [0.05, 0.1) is 30.0 Å². The van der Waals surface area contributed by atoms with Gasteiger partial charge in [0.2, 0.25) is 10.0 Å². The Hall–Kier alpha value is -2.40. The number of hydrogen-bond acceptors (Lipinski definition) is 6. The first-order valence-electron chi connectivity index (χ1n) is 10.4. The minimum Gasteiger partial charge on any atom is -0.364 e. The lowest BCUT2D eigenvalue weighted by Gasteiger charge is -2.57. The van der Waals surface area contributed by atoms with E-state index in [1.807, 2.05) is 6.07 Å². The summed E-state index contributed by atoms with van der Waals surface area (Å²) in [6.45, 7) is 1.91.